The van der Waals surface area contributed by atoms with E-state index < -0.39 is 0 Å². The van der Waals surface area contributed by atoms with Gasteiger partial charge in [0.2, 0.25) is 0 Å². The van der Waals surface area contributed by atoms with E-state index in [-0.39, 0.29) is 0 Å². The zero-order valence-electron chi connectivity index (χ0n) is 12.6. The second-order valence-electron chi connectivity index (χ2n) is 5.15. The number of aryl methyl sites for hydroxylation is 2. The minimum atomic E-state index is 0.628. The van der Waals surface area contributed by atoms with Crippen LogP contribution in [0.5, 0.6) is 0 Å². The Labute approximate surface area is 116 Å². The van der Waals surface area contributed by atoms with Gasteiger partial charge in [-0.3, -0.25) is 4.99 Å². The Kier molecular flexibility index (Phi) is 7.00. The summed E-state index contributed by atoms with van der Waals surface area (Å²) in [5.41, 5.74) is 0. The second-order valence-corrected chi connectivity index (χ2v) is 5.15. The van der Waals surface area contributed by atoms with E-state index in [1.165, 1.54) is 0 Å². The molecule has 0 atom stereocenters. The van der Waals surface area contributed by atoms with E-state index in [2.05, 4.69) is 39.0 Å². The van der Waals surface area contributed by atoms with Crippen LogP contribution in [0, 0.1) is 12.8 Å². The Hall–Kier alpha value is -1.52. The number of aromatic nitrogens is 2. The van der Waals surface area contributed by atoms with Crippen LogP contribution in [0.25, 0.3) is 0 Å². The van der Waals surface area contributed by atoms with Gasteiger partial charge in [-0.15, -0.1) is 0 Å². The van der Waals surface area contributed by atoms with Crippen molar-refractivity contribution in [3.63, 3.8) is 0 Å². The standard InChI is InChI=1S/C14H27N5/c1-12(2)11-18-14(15-4)17-7-5-6-9-19-10-8-16-13(19)3/h8,10,12H,5-7,9,11H2,1-4H3,(H2,15,17,18). The molecule has 0 unspecified atom stereocenters. The molecule has 1 aromatic rings. The molecule has 1 rings (SSSR count). The maximum absolute atomic E-state index is 4.22. The number of aliphatic imine (C=N–C) groups is 1. The Bertz CT molecular complexity index is 381. The van der Waals surface area contributed by atoms with E-state index >= 15 is 0 Å². The van der Waals surface area contributed by atoms with Crippen molar-refractivity contribution >= 4 is 5.96 Å². The highest BCUT2D eigenvalue weighted by atomic mass is 15.2. The molecule has 0 saturated carbocycles. The fraction of sp³-hybridized carbons (Fsp3) is 0.714. The van der Waals surface area contributed by atoms with Crippen molar-refractivity contribution in [2.45, 2.75) is 40.2 Å². The van der Waals surface area contributed by atoms with Crippen molar-refractivity contribution in [3.05, 3.63) is 18.2 Å². The van der Waals surface area contributed by atoms with Crippen LogP contribution in [0.2, 0.25) is 0 Å². The SMILES string of the molecule is CN=C(NCCCCn1ccnc1C)NCC(C)C. The van der Waals surface area contributed by atoms with E-state index in [4.69, 9.17) is 0 Å². The molecule has 0 aliphatic heterocycles. The summed E-state index contributed by atoms with van der Waals surface area (Å²) in [5, 5.41) is 6.64. The van der Waals surface area contributed by atoms with Gasteiger partial charge in [0.1, 0.15) is 5.82 Å². The summed E-state index contributed by atoms with van der Waals surface area (Å²) < 4.78 is 2.19. The molecule has 108 valence electrons. The summed E-state index contributed by atoms with van der Waals surface area (Å²) in [6.07, 6.45) is 6.16. The third kappa shape index (κ3) is 6.27. The van der Waals surface area contributed by atoms with Crippen LogP contribution in [0.1, 0.15) is 32.5 Å². The van der Waals surface area contributed by atoms with Crippen LogP contribution in [-0.4, -0.2) is 35.6 Å². The Balaban J connectivity index is 2.11. The number of nitrogens with one attached hydrogen (secondary N) is 2. The van der Waals surface area contributed by atoms with Gasteiger partial charge < -0.3 is 15.2 Å². The lowest BCUT2D eigenvalue weighted by molar-refractivity contribution is 0.581. The molecule has 0 fully saturated rings. The Morgan fingerprint density at radius 1 is 1.37 bits per heavy atom. The number of hydrogen-bond acceptors (Lipinski definition) is 2. The molecule has 0 radical (unpaired) electrons. The third-order valence-electron chi connectivity index (χ3n) is 2.94. The van der Waals surface area contributed by atoms with Crippen molar-refractivity contribution in [2.75, 3.05) is 20.1 Å². The summed E-state index contributed by atoms with van der Waals surface area (Å²) in [5.74, 6) is 2.61. The lowest BCUT2D eigenvalue weighted by atomic mass is 10.2. The molecule has 5 nitrogen and oxygen atoms in total. The van der Waals surface area contributed by atoms with E-state index in [1.807, 2.05) is 26.4 Å². The summed E-state index contributed by atoms with van der Waals surface area (Å²) in [6.45, 7) is 9.35. The number of hydrogen-bond donors (Lipinski definition) is 2. The smallest absolute Gasteiger partial charge is 0.190 e. The van der Waals surface area contributed by atoms with E-state index in [0.717, 1.165) is 44.3 Å². The largest absolute Gasteiger partial charge is 0.356 e. The van der Waals surface area contributed by atoms with Crippen molar-refractivity contribution in [1.29, 1.82) is 0 Å². The van der Waals surface area contributed by atoms with Crippen LogP contribution in [0.3, 0.4) is 0 Å². The minimum Gasteiger partial charge on any atom is -0.356 e. The highest BCUT2D eigenvalue weighted by Crippen LogP contribution is 1.99. The first-order valence-corrected chi connectivity index (χ1v) is 7.05. The fourth-order valence-electron chi connectivity index (χ4n) is 1.78. The van der Waals surface area contributed by atoms with Crippen molar-refractivity contribution in [1.82, 2.24) is 20.2 Å². The first-order valence-electron chi connectivity index (χ1n) is 7.05. The first-order chi connectivity index (χ1) is 9.13. The molecule has 0 aliphatic carbocycles. The van der Waals surface area contributed by atoms with Gasteiger partial charge >= 0.3 is 0 Å². The number of guanidine groups is 1. The lowest BCUT2D eigenvalue weighted by Crippen LogP contribution is -2.39. The predicted molar refractivity (Wildman–Crippen MR) is 80.4 cm³/mol. The molecule has 1 aromatic heterocycles. The number of imidazole rings is 1. The van der Waals surface area contributed by atoms with E-state index in [0.29, 0.717) is 5.92 Å². The Morgan fingerprint density at radius 2 is 2.16 bits per heavy atom. The molecule has 1 heterocycles. The summed E-state index contributed by atoms with van der Waals surface area (Å²) in [6, 6.07) is 0. The first kappa shape index (κ1) is 15.5. The number of rotatable bonds is 7. The molecule has 0 aromatic carbocycles. The molecule has 0 amide bonds. The molecular weight excluding hydrogens is 238 g/mol. The molecule has 5 heteroatoms. The molecule has 0 spiro atoms. The van der Waals surface area contributed by atoms with E-state index in [9.17, 15) is 0 Å². The zero-order chi connectivity index (χ0) is 14.1. The van der Waals surface area contributed by atoms with E-state index in [1.54, 1.807) is 0 Å². The molecule has 0 aliphatic rings. The summed E-state index contributed by atoms with van der Waals surface area (Å²) in [7, 11) is 1.81. The highest BCUT2D eigenvalue weighted by Gasteiger charge is 1.99. The average Bonchev–Trinajstić information content (AvgIpc) is 2.78. The molecule has 0 bridgehead atoms. The monoisotopic (exact) mass is 265 g/mol. The van der Waals surface area contributed by atoms with Gasteiger partial charge in [-0.1, -0.05) is 13.8 Å². The van der Waals surface area contributed by atoms with Gasteiger partial charge in [0.15, 0.2) is 5.96 Å². The van der Waals surface area contributed by atoms with Crippen molar-refractivity contribution in [2.24, 2.45) is 10.9 Å². The van der Waals surface area contributed by atoms with Crippen molar-refractivity contribution < 1.29 is 0 Å². The normalized spacial score (nSPS) is 11.9. The summed E-state index contributed by atoms with van der Waals surface area (Å²) in [4.78, 5) is 8.42. The van der Waals surface area contributed by atoms with Crippen LogP contribution in [0.4, 0.5) is 0 Å². The zero-order valence-corrected chi connectivity index (χ0v) is 12.6. The minimum absolute atomic E-state index is 0.628. The van der Waals surface area contributed by atoms with Gasteiger partial charge in [-0.2, -0.15) is 0 Å². The maximum atomic E-state index is 4.22. The molecule has 19 heavy (non-hydrogen) atoms. The third-order valence-corrected chi connectivity index (χ3v) is 2.94. The maximum Gasteiger partial charge on any atom is 0.190 e. The molecule has 2 N–H and O–H groups in total. The van der Waals surface area contributed by atoms with Gasteiger partial charge in [-0.25, -0.2) is 4.98 Å². The van der Waals surface area contributed by atoms with Gasteiger partial charge in [0.25, 0.3) is 0 Å². The quantitative estimate of drug-likeness (QED) is 0.449. The fourth-order valence-corrected chi connectivity index (χ4v) is 1.78. The van der Waals surface area contributed by atoms with Gasteiger partial charge in [-0.05, 0) is 25.7 Å². The van der Waals surface area contributed by atoms with Crippen LogP contribution in [-0.2, 0) is 6.54 Å². The number of nitrogens with zero attached hydrogens (tertiary/aromatic N) is 3. The predicted octanol–water partition coefficient (Wildman–Crippen LogP) is 1.79. The number of unbranched alkanes of at least 4 members (excludes halogenated alkanes) is 1. The Morgan fingerprint density at radius 3 is 2.74 bits per heavy atom. The van der Waals surface area contributed by atoms with Crippen LogP contribution >= 0.6 is 0 Å². The molecule has 0 saturated heterocycles. The van der Waals surface area contributed by atoms with Gasteiger partial charge in [0.05, 0.1) is 0 Å². The lowest BCUT2D eigenvalue weighted by Gasteiger charge is -2.13. The molecular formula is C14H27N5. The summed E-state index contributed by atoms with van der Waals surface area (Å²) >= 11 is 0. The van der Waals surface area contributed by atoms with Crippen LogP contribution in [0.15, 0.2) is 17.4 Å². The van der Waals surface area contributed by atoms with Crippen LogP contribution < -0.4 is 10.6 Å². The highest BCUT2D eigenvalue weighted by molar-refractivity contribution is 5.79. The second kappa shape index (κ2) is 8.56. The average molecular weight is 265 g/mol. The topological polar surface area (TPSA) is 54.2 Å². The van der Waals surface area contributed by atoms with Gasteiger partial charge in [0, 0.05) is 39.1 Å². The van der Waals surface area contributed by atoms with Crippen molar-refractivity contribution in [3.8, 4) is 0 Å².